The summed E-state index contributed by atoms with van der Waals surface area (Å²) >= 11 is 0. The number of aryl methyl sites for hydroxylation is 2. The summed E-state index contributed by atoms with van der Waals surface area (Å²) in [6.07, 6.45) is 3.41. The molecule has 0 spiro atoms. The van der Waals surface area contributed by atoms with Crippen LogP contribution in [0.1, 0.15) is 70.2 Å². The standard InChI is InChI=1S/C34H49N7/c1-8-25-9-11-31-29(21-25)33(40-19-17-39(18-20-40)24(2)3)36-41(31)23-34(4,5)27-10-12-30-28(22-27)32(35-38(30)7)26-13-15-37(6)16-14-26/h9-12,21-22,24,26H,8,13-20,23H2,1-7H3. The van der Waals surface area contributed by atoms with Crippen LogP contribution in [-0.4, -0.2) is 81.7 Å². The molecule has 7 nitrogen and oxygen atoms in total. The van der Waals surface area contributed by atoms with Crippen LogP contribution >= 0.6 is 0 Å². The summed E-state index contributed by atoms with van der Waals surface area (Å²) in [5.74, 6) is 1.69. The predicted molar refractivity (Wildman–Crippen MR) is 171 cm³/mol. The third-order valence-electron chi connectivity index (χ3n) is 9.86. The van der Waals surface area contributed by atoms with Gasteiger partial charge in [-0.1, -0.05) is 32.9 Å². The molecule has 6 rings (SSSR count). The van der Waals surface area contributed by atoms with E-state index in [2.05, 4.69) is 109 Å². The maximum Gasteiger partial charge on any atom is 0.158 e. The highest BCUT2D eigenvalue weighted by Gasteiger charge is 2.29. The van der Waals surface area contributed by atoms with Gasteiger partial charge in [0, 0.05) is 61.4 Å². The van der Waals surface area contributed by atoms with E-state index in [4.69, 9.17) is 10.2 Å². The summed E-state index contributed by atoms with van der Waals surface area (Å²) in [4.78, 5) is 7.52. The Morgan fingerprint density at radius 2 is 1.56 bits per heavy atom. The van der Waals surface area contributed by atoms with Crippen molar-refractivity contribution in [3.8, 4) is 0 Å². The van der Waals surface area contributed by atoms with Crippen molar-refractivity contribution in [2.45, 2.75) is 77.8 Å². The first-order valence-electron chi connectivity index (χ1n) is 15.8. The van der Waals surface area contributed by atoms with Crippen LogP contribution in [0, 0.1) is 0 Å². The van der Waals surface area contributed by atoms with Crippen LogP contribution < -0.4 is 4.90 Å². The summed E-state index contributed by atoms with van der Waals surface area (Å²) in [6.45, 7) is 19.0. The number of aromatic nitrogens is 4. The SMILES string of the molecule is CCc1ccc2c(c1)c(N1CCN(C(C)C)CC1)nn2CC(C)(C)c1ccc2c(c1)c(C1CCN(C)CC1)nn2C. The molecule has 0 N–H and O–H groups in total. The number of nitrogens with zero attached hydrogens (tertiary/aromatic N) is 7. The van der Waals surface area contributed by atoms with Crippen LogP contribution in [0.2, 0.25) is 0 Å². The number of hydrogen-bond donors (Lipinski definition) is 0. The molecule has 0 saturated carbocycles. The third-order valence-corrected chi connectivity index (χ3v) is 9.86. The zero-order valence-corrected chi connectivity index (χ0v) is 26.3. The average molecular weight is 556 g/mol. The number of rotatable bonds is 7. The lowest BCUT2D eigenvalue weighted by Crippen LogP contribution is -2.49. The van der Waals surface area contributed by atoms with E-state index in [-0.39, 0.29) is 5.41 Å². The normalized spacial score (nSPS) is 18.4. The molecule has 0 aliphatic carbocycles. The number of benzene rings is 2. The van der Waals surface area contributed by atoms with E-state index in [0.29, 0.717) is 12.0 Å². The fourth-order valence-electron chi connectivity index (χ4n) is 7.00. The fraction of sp³-hybridized carbons (Fsp3) is 0.588. The predicted octanol–water partition coefficient (Wildman–Crippen LogP) is 5.80. The molecule has 0 atom stereocenters. The van der Waals surface area contributed by atoms with Crippen LogP contribution in [0.4, 0.5) is 5.82 Å². The number of piperidine rings is 1. The van der Waals surface area contributed by atoms with E-state index in [1.165, 1.54) is 51.5 Å². The highest BCUT2D eigenvalue weighted by molar-refractivity contribution is 5.91. The van der Waals surface area contributed by atoms with E-state index < -0.39 is 0 Å². The van der Waals surface area contributed by atoms with Gasteiger partial charge in [-0.2, -0.15) is 10.2 Å². The maximum absolute atomic E-state index is 5.34. The largest absolute Gasteiger partial charge is 0.352 e. The second-order valence-electron chi connectivity index (χ2n) is 13.5. The van der Waals surface area contributed by atoms with Gasteiger partial charge < -0.3 is 9.80 Å². The molecule has 2 aromatic heterocycles. The molecule has 4 aromatic rings. The monoisotopic (exact) mass is 555 g/mol. The molecule has 2 saturated heterocycles. The van der Waals surface area contributed by atoms with Crippen molar-refractivity contribution in [3.63, 3.8) is 0 Å². The Bertz CT molecular complexity index is 1510. The second-order valence-corrected chi connectivity index (χ2v) is 13.5. The molecule has 2 aliphatic rings. The van der Waals surface area contributed by atoms with Gasteiger partial charge in [-0.25, -0.2) is 0 Å². The van der Waals surface area contributed by atoms with Gasteiger partial charge >= 0.3 is 0 Å². The highest BCUT2D eigenvalue weighted by atomic mass is 15.4. The van der Waals surface area contributed by atoms with Gasteiger partial charge in [0.2, 0.25) is 0 Å². The van der Waals surface area contributed by atoms with E-state index >= 15 is 0 Å². The van der Waals surface area contributed by atoms with Crippen molar-refractivity contribution in [3.05, 3.63) is 53.2 Å². The molecule has 4 heterocycles. The van der Waals surface area contributed by atoms with Crippen molar-refractivity contribution < 1.29 is 0 Å². The lowest BCUT2D eigenvalue weighted by atomic mass is 9.83. The average Bonchev–Trinajstić information content (AvgIpc) is 3.49. The molecule has 2 aliphatic heterocycles. The van der Waals surface area contributed by atoms with Gasteiger partial charge in [0.1, 0.15) is 0 Å². The molecular weight excluding hydrogens is 506 g/mol. The van der Waals surface area contributed by atoms with Crippen molar-refractivity contribution >= 4 is 27.6 Å². The molecule has 2 aromatic carbocycles. The number of piperazine rings is 1. The zero-order chi connectivity index (χ0) is 28.9. The summed E-state index contributed by atoms with van der Waals surface area (Å²) in [5.41, 5.74) is 6.40. The zero-order valence-electron chi connectivity index (χ0n) is 26.3. The first kappa shape index (κ1) is 28.2. The third kappa shape index (κ3) is 5.39. The lowest BCUT2D eigenvalue weighted by molar-refractivity contribution is 0.209. The van der Waals surface area contributed by atoms with E-state index in [9.17, 15) is 0 Å². The second kappa shape index (κ2) is 11.1. The van der Waals surface area contributed by atoms with Gasteiger partial charge in [-0.15, -0.1) is 0 Å². The van der Waals surface area contributed by atoms with Gasteiger partial charge in [-0.3, -0.25) is 14.3 Å². The number of anilines is 1. The van der Waals surface area contributed by atoms with Gasteiger partial charge in [0.05, 0.1) is 23.3 Å². The number of likely N-dealkylation sites (tertiary alicyclic amines) is 1. The van der Waals surface area contributed by atoms with Crippen LogP contribution in [0.5, 0.6) is 0 Å². The Labute approximate surface area is 246 Å². The number of hydrogen-bond acceptors (Lipinski definition) is 5. The minimum atomic E-state index is -0.0932. The molecule has 0 amide bonds. The van der Waals surface area contributed by atoms with Crippen molar-refractivity contribution in [2.75, 3.05) is 51.2 Å². The van der Waals surface area contributed by atoms with Gasteiger partial charge in [0.25, 0.3) is 0 Å². The van der Waals surface area contributed by atoms with Crippen LogP contribution in [-0.2, 0) is 25.4 Å². The molecule has 0 radical (unpaired) electrons. The first-order chi connectivity index (χ1) is 19.6. The Hall–Kier alpha value is -2.90. The summed E-state index contributed by atoms with van der Waals surface area (Å²) in [6, 6.07) is 14.6. The Kier molecular flexibility index (Phi) is 7.62. The topological polar surface area (TPSA) is 45.4 Å². The fourth-order valence-corrected chi connectivity index (χ4v) is 7.00. The molecule has 2 fully saturated rings. The van der Waals surface area contributed by atoms with E-state index in [1.807, 2.05) is 0 Å². The summed E-state index contributed by atoms with van der Waals surface area (Å²) in [5, 5.41) is 13.0. The van der Waals surface area contributed by atoms with E-state index in [1.54, 1.807) is 0 Å². The van der Waals surface area contributed by atoms with Crippen molar-refractivity contribution in [2.24, 2.45) is 7.05 Å². The molecule has 7 heteroatoms. The summed E-state index contributed by atoms with van der Waals surface area (Å²) in [7, 11) is 4.32. The number of fused-ring (bicyclic) bond motifs is 2. The Morgan fingerprint density at radius 3 is 2.24 bits per heavy atom. The molecule has 0 bridgehead atoms. The van der Waals surface area contributed by atoms with Crippen LogP contribution in [0.3, 0.4) is 0 Å². The minimum Gasteiger partial charge on any atom is -0.352 e. The molecule has 41 heavy (non-hydrogen) atoms. The van der Waals surface area contributed by atoms with Gasteiger partial charge in [-0.05, 0) is 88.6 Å². The molecule has 220 valence electrons. The van der Waals surface area contributed by atoms with Crippen molar-refractivity contribution in [1.82, 2.24) is 29.4 Å². The molecular formula is C34H49N7. The Balaban J connectivity index is 1.33. The highest BCUT2D eigenvalue weighted by Crippen LogP contribution is 2.36. The Morgan fingerprint density at radius 1 is 0.854 bits per heavy atom. The molecule has 0 unspecified atom stereocenters. The minimum absolute atomic E-state index is 0.0932. The smallest absolute Gasteiger partial charge is 0.158 e. The van der Waals surface area contributed by atoms with Crippen LogP contribution in [0.25, 0.3) is 21.8 Å². The lowest BCUT2D eigenvalue weighted by Gasteiger charge is -2.37. The van der Waals surface area contributed by atoms with Crippen LogP contribution in [0.15, 0.2) is 36.4 Å². The van der Waals surface area contributed by atoms with Gasteiger partial charge in [0.15, 0.2) is 5.82 Å². The first-order valence-corrected chi connectivity index (χ1v) is 15.8. The van der Waals surface area contributed by atoms with Crippen molar-refractivity contribution in [1.29, 1.82) is 0 Å². The quantitative estimate of drug-likeness (QED) is 0.288. The maximum atomic E-state index is 5.34. The summed E-state index contributed by atoms with van der Waals surface area (Å²) < 4.78 is 4.36. The van der Waals surface area contributed by atoms with E-state index in [0.717, 1.165) is 58.1 Å².